The average Bonchev–Trinajstić information content (AvgIpc) is 2.55. The van der Waals surface area contributed by atoms with Crippen LogP contribution in [0.1, 0.15) is 67.2 Å². The number of hydrogen-bond donors (Lipinski definition) is 2. The summed E-state index contributed by atoms with van der Waals surface area (Å²) in [5, 5.41) is 35.8. The van der Waals surface area contributed by atoms with Gasteiger partial charge in [0.2, 0.25) is 0 Å². The van der Waals surface area contributed by atoms with Crippen molar-refractivity contribution in [2.24, 2.45) is 11.8 Å². The predicted molar refractivity (Wildman–Crippen MR) is 93.7 cm³/mol. The Morgan fingerprint density at radius 3 is 0.889 bits per heavy atom. The van der Waals surface area contributed by atoms with E-state index in [-0.39, 0.29) is 37.8 Å². The van der Waals surface area contributed by atoms with E-state index in [1.807, 2.05) is 13.8 Å². The van der Waals surface area contributed by atoms with Gasteiger partial charge in [-0.3, -0.25) is 9.59 Å². The van der Waals surface area contributed by atoms with Crippen LogP contribution in [0.2, 0.25) is 0 Å². The first-order valence-corrected chi connectivity index (χ1v) is 8.66. The Morgan fingerprint density at radius 2 is 0.889 bits per heavy atom. The first kappa shape index (κ1) is 36.9. The molecule has 0 aliphatic carbocycles. The molecule has 0 saturated carbocycles. The number of rotatable bonds is 8. The third-order valence-corrected chi connectivity index (χ3v) is 2.81. The zero-order chi connectivity index (χ0) is 21.7. The number of aliphatic hydroxyl groups excluding tert-OH is 2. The van der Waals surface area contributed by atoms with E-state index in [2.05, 4.69) is 0 Å². The summed E-state index contributed by atoms with van der Waals surface area (Å²) in [4.78, 5) is 40.9. The molecule has 0 amide bonds. The summed E-state index contributed by atoms with van der Waals surface area (Å²) in [6.07, 6.45) is 2.38. The summed E-state index contributed by atoms with van der Waals surface area (Å²) < 4.78 is 0. The summed E-state index contributed by atoms with van der Waals surface area (Å²) in [6, 6.07) is 0. The molecule has 0 aliphatic heterocycles. The van der Waals surface area contributed by atoms with Crippen LogP contribution in [-0.2, 0) is 45.4 Å². The van der Waals surface area contributed by atoms with E-state index in [1.165, 1.54) is 13.8 Å². The number of carboxylic acids is 2. The van der Waals surface area contributed by atoms with Crippen molar-refractivity contribution < 1.29 is 65.8 Å². The molecule has 0 radical (unpaired) electrons. The van der Waals surface area contributed by atoms with Gasteiger partial charge in [0.1, 0.15) is 11.6 Å². The molecule has 158 valence electrons. The van der Waals surface area contributed by atoms with E-state index < -0.39 is 23.8 Å². The van der Waals surface area contributed by atoms with Gasteiger partial charge in [0, 0.05) is 13.2 Å². The van der Waals surface area contributed by atoms with Gasteiger partial charge in [-0.15, -0.1) is 0 Å². The molecule has 27 heavy (non-hydrogen) atoms. The molecule has 2 N–H and O–H groups in total. The first-order chi connectivity index (χ1) is 12.0. The summed E-state index contributed by atoms with van der Waals surface area (Å²) in [6.45, 7) is 10.3. The van der Waals surface area contributed by atoms with Gasteiger partial charge in [-0.1, -0.05) is 27.7 Å². The summed E-state index contributed by atoms with van der Waals surface area (Å²) in [5.41, 5.74) is 0. The second-order valence-electron chi connectivity index (χ2n) is 5.23. The SMILES string of the molecule is CCC(C(C)=O)C(=O)[O-].CCC(C(C)=O)C(=O)[O-].CCCO.CCCO.[Zr+2]. The number of ketones is 2. The standard InChI is InChI=1S/2C6H10O3.2C3H8O.Zr/c2*1-3-5(4(2)7)6(8)9;2*1-2-3-4;/h2*5H,3H2,1-2H3,(H,8,9);2*4H,2-3H2,1H3;/q;;;;+2/p-2. The number of Topliss-reactive ketones (excluding diaryl/α,β-unsaturated/α-hetero) is 2. The van der Waals surface area contributed by atoms with Crippen molar-refractivity contribution in [1.82, 2.24) is 0 Å². The monoisotopic (exact) mass is 468 g/mol. The van der Waals surface area contributed by atoms with Crippen LogP contribution >= 0.6 is 0 Å². The molecule has 0 aliphatic rings. The summed E-state index contributed by atoms with van der Waals surface area (Å²) >= 11 is 0. The second-order valence-corrected chi connectivity index (χ2v) is 5.23. The minimum atomic E-state index is -1.27. The molecular formula is C18H34O8Zr. The van der Waals surface area contributed by atoms with E-state index in [4.69, 9.17) is 10.2 Å². The molecule has 0 aromatic rings. The molecule has 9 heteroatoms. The van der Waals surface area contributed by atoms with Crippen LogP contribution in [0.15, 0.2) is 0 Å². The van der Waals surface area contributed by atoms with Crippen molar-refractivity contribution in [1.29, 1.82) is 0 Å². The molecule has 0 saturated heterocycles. The van der Waals surface area contributed by atoms with Crippen LogP contribution in [0.5, 0.6) is 0 Å². The van der Waals surface area contributed by atoms with Crippen LogP contribution in [0.25, 0.3) is 0 Å². The molecule has 0 fully saturated rings. The summed E-state index contributed by atoms with van der Waals surface area (Å²) in [7, 11) is 0. The minimum absolute atomic E-state index is 0. The van der Waals surface area contributed by atoms with Gasteiger partial charge in [0.25, 0.3) is 0 Å². The van der Waals surface area contributed by atoms with E-state index in [9.17, 15) is 29.4 Å². The Hall–Kier alpha value is -0.917. The van der Waals surface area contributed by atoms with Crippen LogP contribution in [0, 0.1) is 11.8 Å². The number of aliphatic carboxylic acids is 2. The van der Waals surface area contributed by atoms with Gasteiger partial charge < -0.3 is 30.0 Å². The van der Waals surface area contributed by atoms with Crippen molar-refractivity contribution in [2.45, 2.75) is 67.2 Å². The number of carboxylic acid groups (broad SMARTS) is 2. The number of aliphatic hydroxyl groups is 2. The molecule has 0 aromatic carbocycles. The van der Waals surface area contributed by atoms with Gasteiger partial charge in [0.05, 0.1) is 23.8 Å². The molecule has 0 spiro atoms. The third-order valence-electron chi connectivity index (χ3n) is 2.81. The van der Waals surface area contributed by atoms with Crippen LogP contribution in [0.3, 0.4) is 0 Å². The van der Waals surface area contributed by atoms with Crippen molar-refractivity contribution >= 4 is 23.5 Å². The van der Waals surface area contributed by atoms with E-state index in [1.54, 1.807) is 13.8 Å². The van der Waals surface area contributed by atoms with Crippen molar-refractivity contribution in [2.75, 3.05) is 13.2 Å². The van der Waals surface area contributed by atoms with Crippen molar-refractivity contribution in [3.05, 3.63) is 0 Å². The maximum Gasteiger partial charge on any atom is 2.00 e. The van der Waals surface area contributed by atoms with Crippen LogP contribution < -0.4 is 10.2 Å². The maximum atomic E-state index is 10.4. The van der Waals surface area contributed by atoms with Gasteiger partial charge in [-0.05, 0) is 39.5 Å². The summed E-state index contributed by atoms with van der Waals surface area (Å²) in [5.74, 6) is -5.04. The molecular weight excluding hydrogens is 435 g/mol. The topological polar surface area (TPSA) is 155 Å². The number of hydrogen-bond acceptors (Lipinski definition) is 8. The van der Waals surface area contributed by atoms with Crippen LogP contribution in [-0.4, -0.2) is 46.9 Å². The third kappa shape index (κ3) is 30.1. The fourth-order valence-electron chi connectivity index (χ4n) is 1.24. The molecule has 0 bridgehead atoms. The number of carbonyl (C=O) groups is 4. The normalized spacial score (nSPS) is 10.7. The second kappa shape index (κ2) is 27.3. The molecule has 0 rings (SSSR count). The first-order valence-electron chi connectivity index (χ1n) is 8.66. The van der Waals surface area contributed by atoms with Crippen molar-refractivity contribution in [3.8, 4) is 0 Å². The molecule has 2 atom stereocenters. The van der Waals surface area contributed by atoms with E-state index >= 15 is 0 Å². The van der Waals surface area contributed by atoms with Gasteiger partial charge in [0.15, 0.2) is 0 Å². The Labute approximate surface area is 181 Å². The Morgan fingerprint density at radius 1 is 0.704 bits per heavy atom. The smallest absolute Gasteiger partial charge is 0.549 e. The van der Waals surface area contributed by atoms with Crippen LogP contribution in [0.4, 0.5) is 0 Å². The van der Waals surface area contributed by atoms with Gasteiger partial charge >= 0.3 is 26.2 Å². The Kier molecular flexibility index (Phi) is 37.3. The fourth-order valence-corrected chi connectivity index (χ4v) is 1.24. The van der Waals surface area contributed by atoms with E-state index in [0.717, 1.165) is 12.8 Å². The predicted octanol–water partition coefficient (Wildman–Crippen LogP) is -0.522. The van der Waals surface area contributed by atoms with Crippen molar-refractivity contribution in [3.63, 3.8) is 0 Å². The zero-order valence-electron chi connectivity index (χ0n) is 17.2. The number of carbonyl (C=O) groups excluding carboxylic acids is 4. The molecule has 0 aromatic heterocycles. The Bertz CT molecular complexity index is 318. The zero-order valence-corrected chi connectivity index (χ0v) is 19.7. The molecule has 8 nitrogen and oxygen atoms in total. The largest absolute Gasteiger partial charge is 2.00 e. The van der Waals surface area contributed by atoms with Gasteiger partial charge in [-0.2, -0.15) is 0 Å². The maximum absolute atomic E-state index is 10.4. The molecule has 2 unspecified atom stereocenters. The minimum Gasteiger partial charge on any atom is -0.549 e. The fraction of sp³-hybridized carbons (Fsp3) is 0.778. The quantitative estimate of drug-likeness (QED) is 0.450. The van der Waals surface area contributed by atoms with E-state index in [0.29, 0.717) is 26.1 Å². The Balaban J connectivity index is -0.0000000843. The van der Waals surface area contributed by atoms with Gasteiger partial charge in [-0.25, -0.2) is 0 Å². The molecule has 0 heterocycles. The average molecular weight is 470 g/mol.